The van der Waals surface area contributed by atoms with Crippen LogP contribution >= 0.6 is 15.9 Å². The van der Waals surface area contributed by atoms with Gasteiger partial charge in [-0.25, -0.2) is 4.68 Å². The van der Waals surface area contributed by atoms with Gasteiger partial charge in [-0.3, -0.25) is 0 Å². The zero-order valence-electron chi connectivity index (χ0n) is 8.81. The molecule has 1 aromatic carbocycles. The lowest BCUT2D eigenvalue weighted by atomic mass is 10.2. The van der Waals surface area contributed by atoms with Crippen molar-refractivity contribution in [1.82, 2.24) is 9.78 Å². The zero-order valence-corrected chi connectivity index (χ0v) is 10.4. The molecule has 3 nitrogen and oxygen atoms in total. The molecule has 0 spiro atoms. The second-order valence-corrected chi connectivity index (χ2v) is 4.19. The van der Waals surface area contributed by atoms with Crippen molar-refractivity contribution in [3.8, 4) is 11.8 Å². The molecule has 0 saturated carbocycles. The Kier molecular flexibility index (Phi) is 3.07. The summed E-state index contributed by atoms with van der Waals surface area (Å²) in [6.45, 7) is 2.02. The van der Waals surface area contributed by atoms with Crippen molar-refractivity contribution in [3.63, 3.8) is 0 Å². The van der Waals surface area contributed by atoms with Crippen molar-refractivity contribution in [2.75, 3.05) is 0 Å². The predicted octanol–water partition coefficient (Wildman–Crippen LogP) is 3.07. The Balaban J connectivity index is 2.62. The highest BCUT2D eigenvalue weighted by atomic mass is 79.9. The molecule has 16 heavy (non-hydrogen) atoms. The molecule has 4 heteroatoms. The molecule has 0 bridgehead atoms. The Morgan fingerprint density at radius 2 is 2.19 bits per heavy atom. The standard InChI is InChI=1S/C12H10BrN3/c1-2-11-9(7-14)8-15-16(11)12-6-4-3-5-10(12)13/h3-6,8H,2H2,1H3. The highest BCUT2D eigenvalue weighted by molar-refractivity contribution is 9.10. The number of rotatable bonds is 2. The molecule has 0 N–H and O–H groups in total. The number of hydrogen-bond donors (Lipinski definition) is 0. The van der Waals surface area contributed by atoms with Crippen LogP contribution in [0.1, 0.15) is 18.2 Å². The van der Waals surface area contributed by atoms with E-state index in [2.05, 4.69) is 27.1 Å². The molecule has 0 aliphatic carbocycles. The fraction of sp³-hybridized carbons (Fsp3) is 0.167. The quantitative estimate of drug-likeness (QED) is 0.845. The van der Waals surface area contributed by atoms with Crippen LogP contribution in [-0.2, 0) is 6.42 Å². The third-order valence-corrected chi connectivity index (χ3v) is 3.08. The highest BCUT2D eigenvalue weighted by Gasteiger charge is 2.11. The molecule has 0 atom stereocenters. The maximum atomic E-state index is 8.96. The Morgan fingerprint density at radius 3 is 2.81 bits per heavy atom. The van der Waals surface area contributed by atoms with Crippen LogP contribution < -0.4 is 0 Å². The summed E-state index contributed by atoms with van der Waals surface area (Å²) >= 11 is 3.48. The summed E-state index contributed by atoms with van der Waals surface area (Å²) < 4.78 is 2.78. The first kappa shape index (κ1) is 10.9. The van der Waals surface area contributed by atoms with Gasteiger partial charge in [-0.05, 0) is 34.5 Å². The van der Waals surface area contributed by atoms with Crippen molar-refractivity contribution >= 4 is 15.9 Å². The van der Waals surface area contributed by atoms with Gasteiger partial charge in [-0.15, -0.1) is 0 Å². The topological polar surface area (TPSA) is 41.6 Å². The second-order valence-electron chi connectivity index (χ2n) is 3.33. The average molecular weight is 276 g/mol. The van der Waals surface area contributed by atoms with Gasteiger partial charge in [-0.1, -0.05) is 19.1 Å². The normalized spacial score (nSPS) is 10.1. The zero-order chi connectivity index (χ0) is 11.5. The van der Waals surface area contributed by atoms with Crippen LogP contribution in [-0.4, -0.2) is 9.78 Å². The minimum Gasteiger partial charge on any atom is -0.235 e. The van der Waals surface area contributed by atoms with Gasteiger partial charge in [0.25, 0.3) is 0 Å². The van der Waals surface area contributed by atoms with Gasteiger partial charge >= 0.3 is 0 Å². The average Bonchev–Trinajstić information content (AvgIpc) is 2.72. The number of halogens is 1. The number of benzene rings is 1. The van der Waals surface area contributed by atoms with E-state index < -0.39 is 0 Å². The molecule has 0 fully saturated rings. The van der Waals surface area contributed by atoms with Crippen LogP contribution in [0, 0.1) is 11.3 Å². The molecule has 0 unspecified atom stereocenters. The molecule has 0 aliphatic rings. The minimum absolute atomic E-state index is 0.637. The van der Waals surface area contributed by atoms with Gasteiger partial charge < -0.3 is 0 Å². The molecule has 0 radical (unpaired) electrons. The molecule has 2 aromatic rings. The number of para-hydroxylation sites is 1. The summed E-state index contributed by atoms with van der Waals surface area (Å²) in [6, 6.07) is 9.99. The summed E-state index contributed by atoms with van der Waals surface area (Å²) in [6.07, 6.45) is 2.39. The van der Waals surface area contributed by atoms with E-state index in [4.69, 9.17) is 5.26 Å². The Hall–Kier alpha value is -1.60. The maximum absolute atomic E-state index is 8.96. The first-order valence-corrected chi connectivity index (χ1v) is 5.79. The molecule has 2 rings (SSSR count). The summed E-state index contributed by atoms with van der Waals surface area (Å²) in [5.41, 5.74) is 2.54. The first-order valence-electron chi connectivity index (χ1n) is 4.99. The van der Waals surface area contributed by atoms with Crippen LogP contribution in [0.2, 0.25) is 0 Å². The van der Waals surface area contributed by atoms with E-state index >= 15 is 0 Å². The van der Waals surface area contributed by atoms with Crippen LogP contribution in [0.5, 0.6) is 0 Å². The number of nitrogens with zero attached hydrogens (tertiary/aromatic N) is 3. The number of aromatic nitrogens is 2. The monoisotopic (exact) mass is 275 g/mol. The summed E-state index contributed by atoms with van der Waals surface area (Å²) in [7, 11) is 0. The molecule has 1 aromatic heterocycles. The molecule has 0 aliphatic heterocycles. The second kappa shape index (κ2) is 4.50. The maximum Gasteiger partial charge on any atom is 0.103 e. The SMILES string of the molecule is CCc1c(C#N)cnn1-c1ccccc1Br. The van der Waals surface area contributed by atoms with Crippen LogP contribution in [0.15, 0.2) is 34.9 Å². The van der Waals surface area contributed by atoms with Crippen molar-refractivity contribution in [2.24, 2.45) is 0 Å². The van der Waals surface area contributed by atoms with Crippen molar-refractivity contribution in [1.29, 1.82) is 5.26 Å². The van der Waals surface area contributed by atoms with Gasteiger partial charge in [0.05, 0.1) is 23.1 Å². The Morgan fingerprint density at radius 1 is 1.44 bits per heavy atom. The third kappa shape index (κ3) is 1.74. The van der Waals surface area contributed by atoms with Crippen molar-refractivity contribution in [2.45, 2.75) is 13.3 Å². The molecule has 0 saturated heterocycles. The van der Waals surface area contributed by atoms with Crippen LogP contribution in [0.3, 0.4) is 0 Å². The van der Waals surface area contributed by atoms with Crippen molar-refractivity contribution < 1.29 is 0 Å². The lowest BCUT2D eigenvalue weighted by molar-refractivity contribution is 0.810. The highest BCUT2D eigenvalue weighted by Crippen LogP contribution is 2.22. The van der Waals surface area contributed by atoms with Crippen LogP contribution in [0.4, 0.5) is 0 Å². The summed E-state index contributed by atoms with van der Waals surface area (Å²) in [5, 5.41) is 13.2. The lowest BCUT2D eigenvalue weighted by Gasteiger charge is -2.07. The largest absolute Gasteiger partial charge is 0.235 e. The number of hydrogen-bond acceptors (Lipinski definition) is 2. The minimum atomic E-state index is 0.637. The summed E-state index contributed by atoms with van der Waals surface area (Å²) in [4.78, 5) is 0. The van der Waals surface area contributed by atoms with E-state index in [9.17, 15) is 0 Å². The van der Waals surface area contributed by atoms with E-state index in [0.717, 1.165) is 22.3 Å². The van der Waals surface area contributed by atoms with Crippen molar-refractivity contribution in [3.05, 3.63) is 46.2 Å². The molecule has 80 valence electrons. The van der Waals surface area contributed by atoms with Crippen LogP contribution in [0.25, 0.3) is 5.69 Å². The molecule has 0 amide bonds. The van der Waals surface area contributed by atoms with E-state index in [1.165, 1.54) is 0 Å². The van der Waals surface area contributed by atoms with Gasteiger partial charge in [0.1, 0.15) is 6.07 Å². The van der Waals surface area contributed by atoms with Gasteiger partial charge in [0, 0.05) is 4.47 Å². The summed E-state index contributed by atoms with van der Waals surface area (Å²) in [5.74, 6) is 0. The fourth-order valence-electron chi connectivity index (χ4n) is 1.64. The molecular formula is C12H10BrN3. The van der Waals surface area contributed by atoms with E-state index in [-0.39, 0.29) is 0 Å². The molecular weight excluding hydrogens is 266 g/mol. The third-order valence-electron chi connectivity index (χ3n) is 2.40. The Bertz CT molecular complexity index is 552. The van der Waals surface area contributed by atoms with Gasteiger partial charge in [0.2, 0.25) is 0 Å². The number of nitriles is 1. The van der Waals surface area contributed by atoms with E-state index in [1.807, 2.05) is 35.9 Å². The Labute approximate surface area is 102 Å². The predicted molar refractivity (Wildman–Crippen MR) is 65.4 cm³/mol. The first-order chi connectivity index (χ1) is 7.77. The van der Waals surface area contributed by atoms with E-state index in [0.29, 0.717) is 5.56 Å². The van der Waals surface area contributed by atoms with E-state index in [1.54, 1.807) is 6.20 Å². The van der Waals surface area contributed by atoms with Gasteiger partial charge in [0.15, 0.2) is 0 Å². The van der Waals surface area contributed by atoms with Gasteiger partial charge in [-0.2, -0.15) is 10.4 Å². The lowest BCUT2D eigenvalue weighted by Crippen LogP contribution is -2.02. The smallest absolute Gasteiger partial charge is 0.103 e. The fourth-order valence-corrected chi connectivity index (χ4v) is 2.09. The molecule has 1 heterocycles.